The van der Waals surface area contributed by atoms with Gasteiger partial charge in [0.15, 0.2) is 6.61 Å². The molecule has 0 unspecified atom stereocenters. The summed E-state index contributed by atoms with van der Waals surface area (Å²) in [4.78, 5) is 50.5. The molecular weight excluding hydrogens is 537 g/mol. The molecule has 0 aromatic heterocycles. The Morgan fingerprint density at radius 1 is 0.892 bits per heavy atom. The Morgan fingerprint density at radius 3 is 2.27 bits per heavy atom. The lowest BCUT2D eigenvalue weighted by Gasteiger charge is -2.12. The molecule has 0 radical (unpaired) electrons. The third kappa shape index (κ3) is 7.13. The zero-order valence-electron chi connectivity index (χ0n) is 19.1. The molecule has 1 heterocycles. The maximum atomic E-state index is 12.7. The van der Waals surface area contributed by atoms with Gasteiger partial charge in [-0.3, -0.25) is 24.1 Å². The van der Waals surface area contributed by atoms with Gasteiger partial charge >= 0.3 is 0 Å². The van der Waals surface area contributed by atoms with Crippen molar-refractivity contribution in [3.63, 3.8) is 0 Å². The van der Waals surface area contributed by atoms with Gasteiger partial charge in [0.1, 0.15) is 12.3 Å². The van der Waals surface area contributed by atoms with Crippen molar-refractivity contribution >= 4 is 75.4 Å². The van der Waals surface area contributed by atoms with E-state index in [0.717, 1.165) is 16.7 Å². The molecule has 0 bridgehead atoms. The topological polar surface area (TPSA) is 105 Å². The molecule has 1 saturated heterocycles. The standard InChI is InChI=1S/C26H19Cl2N3O5S/c27-17-7-9-19(10-8-17)30-24(33)15-36-21-11-6-16(12-20(21)28)13-22-25(34)31(26(35)37-22)14-23(32)29-18-4-2-1-3-5-18/h1-13H,14-15H2,(H,29,32)(H,30,33)/b22-13-. The summed E-state index contributed by atoms with van der Waals surface area (Å²) in [5.41, 5.74) is 1.68. The first-order chi connectivity index (χ1) is 17.8. The minimum absolute atomic E-state index is 0.157. The van der Waals surface area contributed by atoms with Crippen LogP contribution in [-0.2, 0) is 14.4 Å². The normalized spacial score (nSPS) is 14.1. The fraction of sp³-hybridized carbons (Fsp3) is 0.0769. The van der Waals surface area contributed by atoms with Crippen LogP contribution < -0.4 is 15.4 Å². The quantitative estimate of drug-likeness (QED) is 0.346. The van der Waals surface area contributed by atoms with Gasteiger partial charge in [-0.05, 0) is 71.9 Å². The summed E-state index contributed by atoms with van der Waals surface area (Å²) in [6, 6.07) is 20.1. The number of halogens is 2. The summed E-state index contributed by atoms with van der Waals surface area (Å²) in [5, 5.41) is 5.55. The molecule has 0 spiro atoms. The van der Waals surface area contributed by atoms with Crippen LogP contribution in [0.1, 0.15) is 5.56 Å². The maximum Gasteiger partial charge on any atom is 0.294 e. The van der Waals surface area contributed by atoms with E-state index >= 15 is 0 Å². The van der Waals surface area contributed by atoms with Crippen molar-refractivity contribution in [1.29, 1.82) is 0 Å². The zero-order valence-corrected chi connectivity index (χ0v) is 21.4. The Bertz CT molecular complexity index is 1380. The van der Waals surface area contributed by atoms with E-state index in [1.807, 2.05) is 6.07 Å². The monoisotopic (exact) mass is 555 g/mol. The first kappa shape index (κ1) is 26.3. The molecule has 2 N–H and O–H groups in total. The molecule has 0 aliphatic carbocycles. The predicted octanol–water partition coefficient (Wildman–Crippen LogP) is 5.69. The highest BCUT2D eigenvalue weighted by molar-refractivity contribution is 8.18. The minimum atomic E-state index is -0.575. The molecule has 1 aliphatic rings. The number of carbonyl (C=O) groups is 4. The van der Waals surface area contributed by atoms with Gasteiger partial charge in [-0.2, -0.15) is 0 Å². The van der Waals surface area contributed by atoms with Crippen LogP contribution in [0.3, 0.4) is 0 Å². The number of nitrogens with one attached hydrogen (secondary N) is 2. The number of thioether (sulfide) groups is 1. The third-order valence-electron chi connectivity index (χ3n) is 4.97. The SMILES string of the molecule is O=C(COc1ccc(/C=C2\SC(=O)N(CC(=O)Nc3ccccc3)C2=O)cc1Cl)Nc1ccc(Cl)cc1. The highest BCUT2D eigenvalue weighted by Crippen LogP contribution is 2.33. The Balaban J connectivity index is 1.34. The second kappa shape index (κ2) is 12.0. The van der Waals surface area contributed by atoms with Crippen molar-refractivity contribution in [1.82, 2.24) is 4.90 Å². The lowest BCUT2D eigenvalue weighted by Crippen LogP contribution is -2.36. The molecule has 3 aromatic carbocycles. The third-order valence-corrected chi connectivity index (χ3v) is 6.43. The van der Waals surface area contributed by atoms with E-state index in [2.05, 4.69) is 10.6 Å². The first-order valence-corrected chi connectivity index (χ1v) is 12.4. The zero-order chi connectivity index (χ0) is 26.4. The number of anilines is 2. The fourth-order valence-electron chi connectivity index (χ4n) is 3.25. The van der Waals surface area contributed by atoms with Gasteiger partial charge in [0.25, 0.3) is 17.1 Å². The Hall–Kier alpha value is -3.79. The minimum Gasteiger partial charge on any atom is -0.482 e. The van der Waals surface area contributed by atoms with Gasteiger partial charge in [0.2, 0.25) is 5.91 Å². The summed E-state index contributed by atoms with van der Waals surface area (Å²) in [6.45, 7) is -0.672. The van der Waals surface area contributed by atoms with E-state index in [0.29, 0.717) is 22.0 Å². The summed E-state index contributed by atoms with van der Waals surface area (Å²) in [7, 11) is 0. The molecule has 11 heteroatoms. The molecule has 0 atom stereocenters. The van der Waals surface area contributed by atoms with Crippen molar-refractivity contribution in [3.05, 3.63) is 93.3 Å². The van der Waals surface area contributed by atoms with E-state index in [1.165, 1.54) is 6.08 Å². The van der Waals surface area contributed by atoms with Gasteiger partial charge in [-0.25, -0.2) is 0 Å². The highest BCUT2D eigenvalue weighted by Gasteiger charge is 2.36. The van der Waals surface area contributed by atoms with Crippen LogP contribution in [0.15, 0.2) is 77.7 Å². The lowest BCUT2D eigenvalue weighted by atomic mass is 10.2. The molecule has 188 valence electrons. The largest absolute Gasteiger partial charge is 0.482 e. The number of hydrogen-bond donors (Lipinski definition) is 2. The van der Waals surface area contributed by atoms with E-state index in [9.17, 15) is 19.2 Å². The predicted molar refractivity (Wildman–Crippen MR) is 145 cm³/mol. The summed E-state index contributed by atoms with van der Waals surface area (Å²) < 4.78 is 5.50. The number of ether oxygens (including phenoxy) is 1. The number of benzene rings is 3. The Kier molecular flexibility index (Phi) is 8.50. The van der Waals surface area contributed by atoms with Gasteiger partial charge in [-0.15, -0.1) is 0 Å². The van der Waals surface area contributed by atoms with Gasteiger partial charge in [-0.1, -0.05) is 47.5 Å². The second-order valence-electron chi connectivity index (χ2n) is 7.72. The molecule has 8 nitrogen and oxygen atoms in total. The number of imide groups is 1. The molecule has 37 heavy (non-hydrogen) atoms. The van der Waals surface area contributed by atoms with Crippen LogP contribution in [-0.4, -0.2) is 41.0 Å². The smallest absolute Gasteiger partial charge is 0.294 e. The molecule has 1 aliphatic heterocycles. The van der Waals surface area contributed by atoms with Crippen molar-refractivity contribution in [2.75, 3.05) is 23.8 Å². The number of hydrogen-bond acceptors (Lipinski definition) is 6. The van der Waals surface area contributed by atoms with E-state index in [4.69, 9.17) is 27.9 Å². The van der Waals surface area contributed by atoms with Crippen LogP contribution in [0.25, 0.3) is 6.08 Å². The van der Waals surface area contributed by atoms with Crippen LogP contribution in [0.5, 0.6) is 5.75 Å². The number of carbonyl (C=O) groups excluding carboxylic acids is 4. The molecule has 0 saturated carbocycles. The van der Waals surface area contributed by atoms with E-state index in [-0.39, 0.29) is 28.2 Å². The Morgan fingerprint density at radius 2 is 1.57 bits per heavy atom. The lowest BCUT2D eigenvalue weighted by molar-refractivity contribution is -0.127. The van der Waals surface area contributed by atoms with Gasteiger partial charge < -0.3 is 15.4 Å². The highest BCUT2D eigenvalue weighted by atomic mass is 35.5. The maximum absolute atomic E-state index is 12.7. The number of amides is 4. The summed E-state index contributed by atoms with van der Waals surface area (Å²) >= 11 is 12.9. The molecule has 1 fully saturated rings. The van der Waals surface area contributed by atoms with Crippen molar-refractivity contribution in [3.8, 4) is 5.75 Å². The van der Waals surface area contributed by atoms with Crippen molar-refractivity contribution in [2.45, 2.75) is 0 Å². The van der Waals surface area contributed by atoms with E-state index < -0.39 is 23.6 Å². The number of rotatable bonds is 8. The van der Waals surface area contributed by atoms with Crippen LogP contribution in [0.2, 0.25) is 10.0 Å². The van der Waals surface area contributed by atoms with Gasteiger partial charge in [0.05, 0.1) is 9.93 Å². The number of nitrogens with zero attached hydrogens (tertiary/aromatic N) is 1. The summed E-state index contributed by atoms with van der Waals surface area (Å²) in [5.74, 6) is -1.17. The second-order valence-corrected chi connectivity index (χ2v) is 9.55. The molecule has 4 rings (SSSR count). The van der Waals surface area contributed by atoms with Crippen molar-refractivity contribution in [2.24, 2.45) is 0 Å². The van der Waals surface area contributed by atoms with Crippen molar-refractivity contribution < 1.29 is 23.9 Å². The van der Waals surface area contributed by atoms with Gasteiger partial charge in [0, 0.05) is 16.4 Å². The molecular formula is C26H19Cl2N3O5S. The van der Waals surface area contributed by atoms with Crippen LogP contribution >= 0.6 is 35.0 Å². The number of para-hydroxylation sites is 1. The molecule has 3 aromatic rings. The van der Waals surface area contributed by atoms with E-state index in [1.54, 1.807) is 66.7 Å². The van der Waals surface area contributed by atoms with Crippen LogP contribution in [0, 0.1) is 0 Å². The average molecular weight is 556 g/mol. The summed E-state index contributed by atoms with van der Waals surface area (Å²) in [6.07, 6.45) is 1.50. The fourth-order valence-corrected chi connectivity index (χ4v) is 4.46. The Labute approximate surface area is 226 Å². The average Bonchev–Trinajstić information content (AvgIpc) is 3.12. The molecule has 4 amide bonds. The van der Waals surface area contributed by atoms with Crippen LogP contribution in [0.4, 0.5) is 16.2 Å². The first-order valence-electron chi connectivity index (χ1n) is 10.9.